The highest BCUT2D eigenvalue weighted by atomic mass is 16.2. The van der Waals surface area contributed by atoms with Gasteiger partial charge in [-0.1, -0.05) is 0 Å². The van der Waals surface area contributed by atoms with E-state index >= 15 is 0 Å². The third-order valence-corrected chi connectivity index (χ3v) is 3.72. The number of carbonyl (C=O) groups excluding carboxylic acids is 1. The van der Waals surface area contributed by atoms with Gasteiger partial charge in [-0.25, -0.2) is 0 Å². The number of anilines is 1. The van der Waals surface area contributed by atoms with Crippen LogP contribution in [-0.4, -0.2) is 31.6 Å². The van der Waals surface area contributed by atoms with Crippen LogP contribution >= 0.6 is 0 Å². The lowest BCUT2D eigenvalue weighted by Crippen LogP contribution is -2.34. The zero-order chi connectivity index (χ0) is 14.8. The Morgan fingerprint density at radius 2 is 2.14 bits per heavy atom. The number of amides is 1. The molecule has 0 aromatic carbocycles. The van der Waals surface area contributed by atoms with Gasteiger partial charge in [0.05, 0.1) is 11.9 Å². The van der Waals surface area contributed by atoms with Gasteiger partial charge >= 0.3 is 0 Å². The lowest BCUT2D eigenvalue weighted by molar-refractivity contribution is 0.0718. The molecule has 0 bridgehead atoms. The molecule has 1 aliphatic carbocycles. The Morgan fingerprint density at radius 3 is 2.76 bits per heavy atom. The van der Waals surface area contributed by atoms with Gasteiger partial charge in [0.1, 0.15) is 5.69 Å². The summed E-state index contributed by atoms with van der Waals surface area (Å²) in [7, 11) is 0. The van der Waals surface area contributed by atoms with Gasteiger partial charge in [-0.05, 0) is 37.5 Å². The molecule has 1 aliphatic rings. The van der Waals surface area contributed by atoms with E-state index in [0.29, 0.717) is 30.5 Å². The number of nitrogens with zero attached hydrogens (tertiary/aromatic N) is 4. The summed E-state index contributed by atoms with van der Waals surface area (Å²) in [6.45, 7) is 3.17. The Balaban J connectivity index is 1.87. The van der Waals surface area contributed by atoms with Crippen molar-refractivity contribution < 1.29 is 4.79 Å². The molecule has 0 saturated heterocycles. The Labute approximate surface area is 123 Å². The van der Waals surface area contributed by atoms with E-state index in [1.54, 1.807) is 23.3 Å². The summed E-state index contributed by atoms with van der Waals surface area (Å²) >= 11 is 0. The van der Waals surface area contributed by atoms with Gasteiger partial charge in [-0.2, -0.15) is 5.10 Å². The summed E-state index contributed by atoms with van der Waals surface area (Å²) < 4.78 is 1.67. The van der Waals surface area contributed by atoms with Crippen LogP contribution in [0.4, 0.5) is 5.69 Å². The van der Waals surface area contributed by atoms with Crippen LogP contribution in [0.5, 0.6) is 0 Å². The number of carbonyl (C=O) groups is 1. The van der Waals surface area contributed by atoms with E-state index in [2.05, 4.69) is 10.1 Å². The number of nitrogens with two attached hydrogens (primary N) is 1. The van der Waals surface area contributed by atoms with E-state index in [-0.39, 0.29) is 5.91 Å². The van der Waals surface area contributed by atoms with Gasteiger partial charge in [0, 0.05) is 31.5 Å². The molecule has 1 saturated carbocycles. The van der Waals surface area contributed by atoms with Crippen LogP contribution in [0.25, 0.3) is 0 Å². The first kappa shape index (κ1) is 13.6. The monoisotopic (exact) mass is 285 g/mol. The normalized spacial score (nSPS) is 14.1. The van der Waals surface area contributed by atoms with Crippen LogP contribution in [0.2, 0.25) is 0 Å². The molecule has 6 nitrogen and oxygen atoms in total. The predicted octanol–water partition coefficient (Wildman–Crippen LogP) is 1.68. The number of aromatic nitrogens is 3. The van der Waals surface area contributed by atoms with Gasteiger partial charge in [-0.3, -0.25) is 14.5 Å². The van der Waals surface area contributed by atoms with Crippen molar-refractivity contribution in [1.82, 2.24) is 19.7 Å². The zero-order valence-electron chi connectivity index (χ0n) is 12.1. The number of hydrogen-bond acceptors (Lipinski definition) is 4. The molecule has 0 aliphatic heterocycles. The minimum absolute atomic E-state index is 0.0360. The Hall–Kier alpha value is -2.37. The maximum absolute atomic E-state index is 12.9. The first-order valence-corrected chi connectivity index (χ1v) is 7.22. The van der Waals surface area contributed by atoms with Crippen LogP contribution in [0.1, 0.15) is 35.8 Å². The molecule has 3 rings (SSSR count). The molecular weight excluding hydrogens is 266 g/mol. The van der Waals surface area contributed by atoms with E-state index in [1.807, 2.05) is 24.0 Å². The second-order valence-corrected chi connectivity index (χ2v) is 5.28. The van der Waals surface area contributed by atoms with Gasteiger partial charge < -0.3 is 10.6 Å². The molecular formula is C15H19N5O. The second-order valence-electron chi connectivity index (χ2n) is 5.28. The molecule has 1 fully saturated rings. The highest BCUT2D eigenvalue weighted by Crippen LogP contribution is 2.30. The number of pyridine rings is 1. The van der Waals surface area contributed by atoms with Crippen LogP contribution < -0.4 is 5.73 Å². The largest absolute Gasteiger partial charge is 0.396 e. The fourth-order valence-corrected chi connectivity index (χ4v) is 2.45. The van der Waals surface area contributed by atoms with Crippen molar-refractivity contribution in [3.05, 3.63) is 42.0 Å². The van der Waals surface area contributed by atoms with Gasteiger partial charge in [0.25, 0.3) is 5.91 Å². The molecule has 2 aromatic rings. The van der Waals surface area contributed by atoms with Crippen molar-refractivity contribution in [2.45, 2.75) is 38.9 Å². The molecule has 1 amide bonds. The average Bonchev–Trinajstić information content (AvgIpc) is 3.27. The minimum Gasteiger partial charge on any atom is -0.396 e. The first-order chi connectivity index (χ1) is 10.2. The van der Waals surface area contributed by atoms with E-state index in [4.69, 9.17) is 5.73 Å². The fourth-order valence-electron chi connectivity index (χ4n) is 2.45. The van der Waals surface area contributed by atoms with Gasteiger partial charge in [-0.15, -0.1) is 0 Å². The van der Waals surface area contributed by atoms with Gasteiger partial charge in [0.2, 0.25) is 0 Å². The van der Waals surface area contributed by atoms with Crippen LogP contribution in [-0.2, 0) is 13.1 Å². The minimum atomic E-state index is -0.0360. The van der Waals surface area contributed by atoms with Crippen molar-refractivity contribution in [3.8, 4) is 0 Å². The molecule has 2 aromatic heterocycles. The summed E-state index contributed by atoms with van der Waals surface area (Å²) in [4.78, 5) is 18.8. The zero-order valence-corrected chi connectivity index (χ0v) is 12.1. The maximum Gasteiger partial charge on any atom is 0.274 e. The quantitative estimate of drug-likeness (QED) is 0.906. The SMILES string of the molecule is CCn1ncc(N)c1C(=O)N(Cc1ccncc1)C1CC1. The molecule has 2 N–H and O–H groups in total. The Kier molecular flexibility index (Phi) is 3.60. The standard InChI is InChI=1S/C15H19N5O/c1-2-20-14(13(16)9-18-20)15(21)19(12-3-4-12)10-11-5-7-17-8-6-11/h5-9,12H,2-4,10,16H2,1H3. The highest BCUT2D eigenvalue weighted by molar-refractivity contribution is 5.97. The Morgan fingerprint density at radius 1 is 1.43 bits per heavy atom. The molecule has 110 valence electrons. The third kappa shape index (κ3) is 2.74. The average molecular weight is 285 g/mol. The third-order valence-electron chi connectivity index (χ3n) is 3.72. The van der Waals surface area contributed by atoms with E-state index in [9.17, 15) is 4.79 Å². The second kappa shape index (κ2) is 5.55. The lowest BCUT2D eigenvalue weighted by atomic mass is 10.2. The summed E-state index contributed by atoms with van der Waals surface area (Å²) in [5.41, 5.74) is 7.95. The molecule has 0 atom stereocenters. The summed E-state index contributed by atoms with van der Waals surface area (Å²) in [5.74, 6) is -0.0360. The van der Waals surface area contributed by atoms with Crippen molar-refractivity contribution in [1.29, 1.82) is 0 Å². The molecule has 6 heteroatoms. The molecule has 21 heavy (non-hydrogen) atoms. The lowest BCUT2D eigenvalue weighted by Gasteiger charge is -2.23. The summed E-state index contributed by atoms with van der Waals surface area (Å²) in [6.07, 6.45) is 7.15. The summed E-state index contributed by atoms with van der Waals surface area (Å²) in [5, 5.41) is 4.16. The van der Waals surface area contributed by atoms with Crippen molar-refractivity contribution in [3.63, 3.8) is 0 Å². The Bertz CT molecular complexity index is 633. The number of aryl methyl sites for hydroxylation is 1. The van der Waals surface area contributed by atoms with Crippen molar-refractivity contribution >= 4 is 11.6 Å². The molecule has 0 spiro atoms. The molecule has 0 radical (unpaired) electrons. The maximum atomic E-state index is 12.9. The number of rotatable bonds is 5. The topological polar surface area (TPSA) is 77.0 Å². The highest BCUT2D eigenvalue weighted by Gasteiger charge is 2.35. The van der Waals surface area contributed by atoms with Crippen LogP contribution in [0, 0.1) is 0 Å². The van der Waals surface area contributed by atoms with E-state index < -0.39 is 0 Å². The van der Waals surface area contributed by atoms with E-state index in [0.717, 1.165) is 18.4 Å². The first-order valence-electron chi connectivity index (χ1n) is 7.22. The van der Waals surface area contributed by atoms with Gasteiger partial charge in [0.15, 0.2) is 0 Å². The summed E-state index contributed by atoms with van der Waals surface area (Å²) in [6, 6.07) is 4.18. The smallest absolute Gasteiger partial charge is 0.274 e. The molecule has 2 heterocycles. The van der Waals surface area contributed by atoms with Crippen LogP contribution in [0.15, 0.2) is 30.7 Å². The fraction of sp³-hybridized carbons (Fsp3) is 0.400. The number of nitrogen functional groups attached to an aromatic ring is 1. The van der Waals surface area contributed by atoms with Crippen molar-refractivity contribution in [2.24, 2.45) is 0 Å². The van der Waals surface area contributed by atoms with Crippen LogP contribution in [0.3, 0.4) is 0 Å². The number of hydrogen-bond donors (Lipinski definition) is 1. The van der Waals surface area contributed by atoms with E-state index in [1.165, 1.54) is 0 Å². The molecule has 0 unspecified atom stereocenters. The van der Waals surface area contributed by atoms with Crippen molar-refractivity contribution in [2.75, 3.05) is 5.73 Å². The predicted molar refractivity (Wildman–Crippen MR) is 79.4 cm³/mol.